The first-order valence-electron chi connectivity index (χ1n) is 5.43. The third kappa shape index (κ3) is 3.86. The number of nitrogens with zero attached hydrogens (tertiary/aromatic N) is 1. The van der Waals surface area contributed by atoms with Gasteiger partial charge in [-0.25, -0.2) is 4.79 Å². The van der Waals surface area contributed by atoms with E-state index in [-0.39, 0.29) is 5.91 Å². The van der Waals surface area contributed by atoms with E-state index in [4.69, 9.17) is 15.6 Å². The molecule has 0 radical (unpaired) electrons. The number of amides is 1. The van der Waals surface area contributed by atoms with Crippen LogP contribution in [0, 0.1) is 0 Å². The third-order valence-electron chi connectivity index (χ3n) is 2.63. The van der Waals surface area contributed by atoms with Gasteiger partial charge in [-0.3, -0.25) is 4.79 Å². The highest BCUT2D eigenvalue weighted by Crippen LogP contribution is 2.22. The molecule has 1 rings (SSSR count). The van der Waals surface area contributed by atoms with Gasteiger partial charge >= 0.3 is 5.97 Å². The summed E-state index contributed by atoms with van der Waals surface area (Å²) >= 11 is 1.44. The van der Waals surface area contributed by atoms with Gasteiger partial charge in [0, 0.05) is 19.5 Å². The lowest BCUT2D eigenvalue weighted by Gasteiger charge is -2.23. The van der Waals surface area contributed by atoms with Crippen molar-refractivity contribution in [3.63, 3.8) is 0 Å². The van der Waals surface area contributed by atoms with Gasteiger partial charge in [-0.05, 0) is 12.8 Å². The molecule has 6 nitrogen and oxygen atoms in total. The maximum atomic E-state index is 11.9. The molecule has 98 valence electrons. The molecule has 1 aliphatic heterocycles. The molecule has 1 aliphatic rings. The van der Waals surface area contributed by atoms with Crippen LogP contribution in [-0.2, 0) is 14.3 Å². The number of thioether (sulfide) groups is 1. The van der Waals surface area contributed by atoms with Gasteiger partial charge in [0.1, 0.15) is 6.04 Å². The summed E-state index contributed by atoms with van der Waals surface area (Å²) in [5.41, 5.74) is 5.75. The SMILES string of the molecule is COCCCC(N)C(=O)N1CSCC1C(=O)O. The second-order valence-corrected chi connectivity index (χ2v) is 4.90. The van der Waals surface area contributed by atoms with E-state index in [0.29, 0.717) is 31.1 Å². The Bertz CT molecular complexity index is 287. The molecule has 7 heteroatoms. The van der Waals surface area contributed by atoms with Crippen LogP contribution in [0.15, 0.2) is 0 Å². The van der Waals surface area contributed by atoms with Crippen molar-refractivity contribution in [2.24, 2.45) is 5.73 Å². The molecule has 0 saturated carbocycles. The monoisotopic (exact) mass is 262 g/mol. The molecule has 0 bridgehead atoms. The summed E-state index contributed by atoms with van der Waals surface area (Å²) in [6.07, 6.45) is 1.21. The van der Waals surface area contributed by atoms with Gasteiger partial charge in [-0.15, -0.1) is 11.8 Å². The van der Waals surface area contributed by atoms with Crippen LogP contribution >= 0.6 is 11.8 Å². The van der Waals surface area contributed by atoms with Gasteiger partial charge in [-0.2, -0.15) is 0 Å². The maximum Gasteiger partial charge on any atom is 0.327 e. The van der Waals surface area contributed by atoms with Crippen molar-refractivity contribution in [2.75, 3.05) is 25.3 Å². The number of nitrogens with two attached hydrogens (primary N) is 1. The average molecular weight is 262 g/mol. The van der Waals surface area contributed by atoms with Gasteiger partial charge in [0.05, 0.1) is 11.9 Å². The first-order valence-corrected chi connectivity index (χ1v) is 6.59. The van der Waals surface area contributed by atoms with Gasteiger partial charge in [0.15, 0.2) is 0 Å². The van der Waals surface area contributed by atoms with Crippen LogP contribution in [0.1, 0.15) is 12.8 Å². The van der Waals surface area contributed by atoms with E-state index in [1.165, 1.54) is 16.7 Å². The summed E-state index contributed by atoms with van der Waals surface area (Å²) in [4.78, 5) is 24.2. The fraction of sp³-hybridized carbons (Fsp3) is 0.800. The molecule has 0 aliphatic carbocycles. The Balaban J connectivity index is 2.47. The number of methoxy groups -OCH3 is 1. The van der Waals surface area contributed by atoms with Gasteiger partial charge < -0.3 is 20.5 Å². The summed E-state index contributed by atoms with van der Waals surface area (Å²) in [5, 5.41) is 8.96. The Morgan fingerprint density at radius 3 is 2.94 bits per heavy atom. The highest BCUT2D eigenvalue weighted by Gasteiger charge is 2.36. The Morgan fingerprint density at radius 2 is 2.35 bits per heavy atom. The van der Waals surface area contributed by atoms with E-state index in [9.17, 15) is 9.59 Å². The van der Waals surface area contributed by atoms with Crippen molar-refractivity contribution in [3.8, 4) is 0 Å². The highest BCUT2D eigenvalue weighted by molar-refractivity contribution is 7.99. The minimum Gasteiger partial charge on any atom is -0.480 e. The zero-order chi connectivity index (χ0) is 12.8. The molecule has 2 unspecified atom stereocenters. The van der Waals surface area contributed by atoms with Gasteiger partial charge in [-0.1, -0.05) is 0 Å². The van der Waals surface area contributed by atoms with Crippen molar-refractivity contribution in [1.29, 1.82) is 0 Å². The topological polar surface area (TPSA) is 92.9 Å². The van der Waals surface area contributed by atoms with E-state index >= 15 is 0 Å². The van der Waals surface area contributed by atoms with Crippen LogP contribution in [0.2, 0.25) is 0 Å². The summed E-state index contributed by atoms with van der Waals surface area (Å²) < 4.78 is 4.88. The quantitative estimate of drug-likeness (QED) is 0.640. The van der Waals surface area contributed by atoms with Gasteiger partial charge in [0.25, 0.3) is 0 Å². The molecule has 3 N–H and O–H groups in total. The fourth-order valence-corrected chi connectivity index (χ4v) is 2.80. The van der Waals surface area contributed by atoms with Crippen LogP contribution < -0.4 is 5.73 Å². The van der Waals surface area contributed by atoms with E-state index in [1.807, 2.05) is 0 Å². The van der Waals surface area contributed by atoms with E-state index in [1.54, 1.807) is 7.11 Å². The first kappa shape index (κ1) is 14.3. The molecule has 1 saturated heterocycles. The summed E-state index contributed by atoms with van der Waals surface area (Å²) in [5.74, 6) is -0.398. The summed E-state index contributed by atoms with van der Waals surface area (Å²) in [6, 6.07) is -1.37. The van der Waals surface area contributed by atoms with E-state index < -0.39 is 18.1 Å². The number of ether oxygens (including phenoxy) is 1. The molecule has 1 heterocycles. The van der Waals surface area contributed by atoms with Crippen molar-refractivity contribution in [2.45, 2.75) is 24.9 Å². The predicted octanol–water partition coefficient (Wildman–Crippen LogP) is -0.274. The molecule has 1 fully saturated rings. The van der Waals surface area contributed by atoms with Crippen molar-refractivity contribution in [3.05, 3.63) is 0 Å². The number of carboxylic acid groups (broad SMARTS) is 1. The minimum atomic E-state index is -0.965. The zero-order valence-corrected chi connectivity index (χ0v) is 10.6. The normalized spacial score (nSPS) is 21.5. The minimum absolute atomic E-state index is 0.279. The maximum absolute atomic E-state index is 11.9. The molecule has 0 spiro atoms. The summed E-state index contributed by atoms with van der Waals surface area (Å²) in [6.45, 7) is 0.554. The number of carbonyl (C=O) groups is 2. The highest BCUT2D eigenvalue weighted by atomic mass is 32.2. The number of hydrogen-bond acceptors (Lipinski definition) is 5. The van der Waals surface area contributed by atoms with E-state index in [0.717, 1.165) is 0 Å². The largest absolute Gasteiger partial charge is 0.480 e. The lowest BCUT2D eigenvalue weighted by atomic mass is 10.1. The van der Waals surface area contributed by atoms with Crippen LogP contribution in [0.3, 0.4) is 0 Å². The number of hydrogen-bond donors (Lipinski definition) is 2. The lowest BCUT2D eigenvalue weighted by Crippen LogP contribution is -2.49. The Labute approximate surface area is 104 Å². The van der Waals surface area contributed by atoms with Crippen LogP contribution in [-0.4, -0.2) is 59.3 Å². The molecule has 0 aromatic heterocycles. The number of aliphatic carboxylic acids is 1. The van der Waals surface area contributed by atoms with Crippen LogP contribution in [0.4, 0.5) is 0 Å². The zero-order valence-electron chi connectivity index (χ0n) is 9.80. The van der Waals surface area contributed by atoms with Crippen molar-refractivity contribution >= 4 is 23.6 Å². The smallest absolute Gasteiger partial charge is 0.327 e. The molecular formula is C10H18N2O4S. The second kappa shape index (κ2) is 6.83. The second-order valence-electron chi connectivity index (χ2n) is 3.90. The molecule has 0 aromatic rings. The fourth-order valence-electron chi connectivity index (χ4n) is 1.65. The predicted molar refractivity (Wildman–Crippen MR) is 64.7 cm³/mol. The lowest BCUT2D eigenvalue weighted by molar-refractivity contribution is -0.148. The standard InChI is InChI=1S/C10H18N2O4S/c1-16-4-2-3-7(11)9(13)12-6-17-5-8(12)10(14)15/h7-8H,2-6,11H2,1H3,(H,14,15). The van der Waals surface area contributed by atoms with Crippen molar-refractivity contribution in [1.82, 2.24) is 4.90 Å². The Morgan fingerprint density at radius 1 is 1.65 bits per heavy atom. The van der Waals surface area contributed by atoms with E-state index in [2.05, 4.69) is 0 Å². The van der Waals surface area contributed by atoms with Crippen LogP contribution in [0.25, 0.3) is 0 Å². The van der Waals surface area contributed by atoms with Gasteiger partial charge in [0.2, 0.25) is 5.91 Å². The number of carboxylic acids is 1. The summed E-state index contributed by atoms with van der Waals surface area (Å²) in [7, 11) is 1.59. The first-order chi connectivity index (χ1) is 8.07. The number of rotatable bonds is 6. The number of carbonyl (C=O) groups excluding carboxylic acids is 1. The molecular weight excluding hydrogens is 244 g/mol. The molecule has 17 heavy (non-hydrogen) atoms. The molecule has 2 atom stereocenters. The average Bonchev–Trinajstić information content (AvgIpc) is 2.77. The van der Waals surface area contributed by atoms with Crippen molar-refractivity contribution < 1.29 is 19.4 Å². The Kier molecular flexibility index (Phi) is 5.73. The third-order valence-corrected chi connectivity index (χ3v) is 3.64. The molecule has 1 amide bonds. The molecule has 0 aromatic carbocycles. The Hall–Kier alpha value is -0.790. The van der Waals surface area contributed by atoms with Crippen LogP contribution in [0.5, 0.6) is 0 Å².